The van der Waals surface area contributed by atoms with Gasteiger partial charge in [-0.2, -0.15) is 26.3 Å². The number of alkyl halides is 8. The molecule has 0 radical (unpaired) electrons. The first kappa shape index (κ1) is 22.1. The minimum atomic E-state index is -4.44. The summed E-state index contributed by atoms with van der Waals surface area (Å²) in [5.41, 5.74) is 0. The molecule has 0 aromatic rings. The first-order valence-electron chi connectivity index (χ1n) is 6.36. The fourth-order valence-corrected chi connectivity index (χ4v) is 4.11. The lowest BCUT2D eigenvalue weighted by Gasteiger charge is -2.32. The molecule has 134 valence electrons. The first-order chi connectivity index (χ1) is 9.74. The van der Waals surface area contributed by atoms with Crippen LogP contribution in [0.3, 0.4) is 0 Å². The lowest BCUT2D eigenvalue weighted by molar-refractivity contribution is -0.137. The molecule has 0 saturated heterocycles. The minimum Gasteiger partial charge on any atom is -0.250 e. The summed E-state index contributed by atoms with van der Waals surface area (Å²) in [5, 5.41) is 0. The van der Waals surface area contributed by atoms with Crippen LogP contribution in [-0.4, -0.2) is 35.2 Å². The van der Waals surface area contributed by atoms with Crippen molar-refractivity contribution in [3.8, 4) is 0 Å². The molecule has 0 heterocycles. The Labute approximate surface area is 132 Å². The topological polar surface area (TPSA) is 0 Å². The van der Waals surface area contributed by atoms with Crippen molar-refractivity contribution in [1.29, 1.82) is 0 Å². The van der Waals surface area contributed by atoms with Crippen molar-refractivity contribution < 1.29 is 35.1 Å². The van der Waals surface area contributed by atoms with Gasteiger partial charge in [-0.15, -0.1) is 0 Å². The van der Waals surface area contributed by atoms with Gasteiger partial charge in [0.25, 0.3) is 0 Å². The van der Waals surface area contributed by atoms with Gasteiger partial charge in [0.1, 0.15) is 13.3 Å². The lowest BCUT2D eigenvalue weighted by Crippen LogP contribution is -2.29. The zero-order valence-corrected chi connectivity index (χ0v) is 13.7. The van der Waals surface area contributed by atoms with Crippen LogP contribution in [0.25, 0.3) is 0 Å². The smallest absolute Gasteiger partial charge is 0.250 e. The van der Waals surface area contributed by atoms with Crippen molar-refractivity contribution >= 4 is 21.6 Å². The predicted octanol–water partition coefficient (Wildman–Crippen LogP) is 6.51. The van der Waals surface area contributed by atoms with E-state index in [4.69, 9.17) is 0 Å². The molecule has 0 amide bonds. The van der Waals surface area contributed by atoms with Crippen LogP contribution < -0.4 is 0 Å². The van der Waals surface area contributed by atoms with Gasteiger partial charge in [0.05, 0.1) is 9.49 Å². The van der Waals surface area contributed by atoms with Crippen LogP contribution in [0.5, 0.6) is 0 Å². The largest absolute Gasteiger partial charge is 0.389 e. The Kier molecular flexibility index (Phi) is 8.35. The highest BCUT2D eigenvalue weighted by atomic mass is 33.1. The van der Waals surface area contributed by atoms with E-state index in [2.05, 4.69) is 0 Å². The summed E-state index contributed by atoms with van der Waals surface area (Å²) in [4.78, 5) is 0. The average molecular weight is 378 g/mol. The van der Waals surface area contributed by atoms with Crippen LogP contribution in [0.4, 0.5) is 35.1 Å². The molecular weight excluding hydrogens is 360 g/mol. The SMILES string of the molecule is CC(CF)(CCC(F)(F)F)SSC(C)(CF)CCC(F)(F)F. The van der Waals surface area contributed by atoms with Crippen LogP contribution in [0.1, 0.15) is 39.5 Å². The van der Waals surface area contributed by atoms with E-state index in [1.165, 1.54) is 13.8 Å². The third-order valence-electron chi connectivity index (χ3n) is 2.88. The van der Waals surface area contributed by atoms with Crippen LogP contribution >= 0.6 is 21.6 Å². The Balaban J connectivity index is 4.60. The van der Waals surface area contributed by atoms with E-state index < -0.39 is 60.9 Å². The van der Waals surface area contributed by atoms with E-state index in [1.54, 1.807) is 0 Å². The van der Waals surface area contributed by atoms with Crippen LogP contribution in [0, 0.1) is 0 Å². The highest BCUT2D eigenvalue weighted by Crippen LogP contribution is 2.49. The fourth-order valence-electron chi connectivity index (χ4n) is 1.28. The summed E-state index contributed by atoms with van der Waals surface area (Å²) >= 11 is 0. The van der Waals surface area contributed by atoms with Gasteiger partial charge in [-0.3, -0.25) is 0 Å². The van der Waals surface area contributed by atoms with Crippen LogP contribution in [0.15, 0.2) is 0 Å². The van der Waals surface area contributed by atoms with E-state index >= 15 is 0 Å². The van der Waals surface area contributed by atoms with Gasteiger partial charge in [0.2, 0.25) is 0 Å². The van der Waals surface area contributed by atoms with Crippen molar-refractivity contribution in [2.75, 3.05) is 13.3 Å². The second kappa shape index (κ2) is 8.30. The Bertz CT molecular complexity index is 298. The van der Waals surface area contributed by atoms with E-state index in [1.807, 2.05) is 0 Å². The third kappa shape index (κ3) is 10.0. The van der Waals surface area contributed by atoms with Gasteiger partial charge >= 0.3 is 12.4 Å². The summed E-state index contributed by atoms with van der Waals surface area (Å²) in [7, 11) is 1.36. The minimum absolute atomic E-state index is 0.522. The molecule has 0 spiro atoms. The maximum Gasteiger partial charge on any atom is 0.389 e. The number of hydrogen-bond acceptors (Lipinski definition) is 2. The van der Waals surface area contributed by atoms with Crippen molar-refractivity contribution in [3.05, 3.63) is 0 Å². The van der Waals surface area contributed by atoms with Gasteiger partial charge in [0, 0.05) is 12.8 Å². The summed E-state index contributed by atoms with van der Waals surface area (Å²) in [6.45, 7) is 0.336. The average Bonchev–Trinajstić information content (AvgIpc) is 2.39. The van der Waals surface area contributed by atoms with Crippen molar-refractivity contribution in [2.45, 2.75) is 61.4 Å². The third-order valence-corrected chi connectivity index (χ3v) is 7.06. The van der Waals surface area contributed by atoms with Gasteiger partial charge in [0.15, 0.2) is 0 Å². The summed E-state index contributed by atoms with van der Waals surface area (Å²) < 4.78 is 96.3. The first-order valence-corrected chi connectivity index (χ1v) is 8.51. The standard InChI is InChI=1S/C12H18F8S2/c1-9(7-13,3-5-11(15,16)17)21-22-10(2,8-14)4-6-12(18,19)20/h3-8H2,1-2H3. The zero-order chi connectivity index (χ0) is 17.7. The molecule has 0 aliphatic heterocycles. The molecule has 0 rings (SSSR count). The molecule has 0 bridgehead atoms. The van der Waals surface area contributed by atoms with Gasteiger partial charge in [-0.25, -0.2) is 8.78 Å². The normalized spacial score (nSPS) is 18.8. The molecule has 0 nitrogen and oxygen atoms in total. The van der Waals surface area contributed by atoms with Crippen LogP contribution in [0.2, 0.25) is 0 Å². The van der Waals surface area contributed by atoms with Crippen molar-refractivity contribution in [2.24, 2.45) is 0 Å². The maximum atomic E-state index is 13.0. The molecule has 0 fully saturated rings. The molecule has 2 atom stereocenters. The molecule has 0 saturated carbocycles. The molecule has 0 aromatic heterocycles. The second-order valence-electron chi connectivity index (χ2n) is 5.56. The molecule has 22 heavy (non-hydrogen) atoms. The summed E-state index contributed by atoms with van der Waals surface area (Å²) in [6, 6.07) is 0. The summed E-state index contributed by atoms with van der Waals surface area (Å²) in [5.74, 6) is 0. The number of hydrogen-bond donors (Lipinski definition) is 0. The van der Waals surface area contributed by atoms with Gasteiger partial charge in [-0.1, -0.05) is 21.6 Å². The maximum absolute atomic E-state index is 13.0. The van der Waals surface area contributed by atoms with Gasteiger partial charge < -0.3 is 0 Å². The number of rotatable bonds is 9. The van der Waals surface area contributed by atoms with E-state index in [9.17, 15) is 35.1 Å². The van der Waals surface area contributed by atoms with Gasteiger partial charge in [-0.05, 0) is 26.7 Å². The fraction of sp³-hybridized carbons (Fsp3) is 1.00. The molecule has 10 heteroatoms. The van der Waals surface area contributed by atoms with E-state index in [0.717, 1.165) is 0 Å². The highest BCUT2D eigenvalue weighted by Gasteiger charge is 2.38. The Morgan fingerprint density at radius 1 is 0.591 bits per heavy atom. The van der Waals surface area contributed by atoms with Crippen molar-refractivity contribution in [3.63, 3.8) is 0 Å². The Morgan fingerprint density at radius 3 is 1.05 bits per heavy atom. The van der Waals surface area contributed by atoms with Crippen LogP contribution in [-0.2, 0) is 0 Å². The zero-order valence-electron chi connectivity index (χ0n) is 12.1. The monoisotopic (exact) mass is 378 g/mol. The molecule has 0 aliphatic carbocycles. The molecule has 0 N–H and O–H groups in total. The lowest BCUT2D eigenvalue weighted by atomic mass is 10.1. The molecule has 0 aromatic carbocycles. The predicted molar refractivity (Wildman–Crippen MR) is 74.5 cm³/mol. The molecule has 0 aliphatic rings. The summed E-state index contributed by atoms with van der Waals surface area (Å²) in [6.07, 6.45) is -12.3. The molecule has 2 unspecified atom stereocenters. The Hall–Kier alpha value is 0.140. The van der Waals surface area contributed by atoms with E-state index in [0.29, 0.717) is 21.6 Å². The highest BCUT2D eigenvalue weighted by molar-refractivity contribution is 8.77. The molecular formula is C12H18F8S2. The second-order valence-corrected chi connectivity index (χ2v) is 8.87. The van der Waals surface area contributed by atoms with Crippen molar-refractivity contribution in [1.82, 2.24) is 0 Å². The Morgan fingerprint density at radius 2 is 0.864 bits per heavy atom. The number of halogens is 8. The quantitative estimate of drug-likeness (QED) is 0.331. The van der Waals surface area contributed by atoms with E-state index in [-0.39, 0.29) is 0 Å².